The zero-order valence-corrected chi connectivity index (χ0v) is 7.77. The highest BCUT2D eigenvalue weighted by molar-refractivity contribution is 5.79. The zero-order chi connectivity index (χ0) is 9.26. The molecule has 2 heteroatoms. The second-order valence-corrected chi connectivity index (χ2v) is 3.50. The lowest BCUT2D eigenvalue weighted by molar-refractivity contribution is 0.605. The molecular formula is C11H14N2. The van der Waals surface area contributed by atoms with E-state index in [0.717, 1.165) is 6.54 Å². The summed E-state index contributed by atoms with van der Waals surface area (Å²) < 4.78 is 2.19. The van der Waals surface area contributed by atoms with Crippen molar-refractivity contribution in [2.45, 2.75) is 19.5 Å². The normalized spacial score (nSPS) is 13.4. The van der Waals surface area contributed by atoms with Gasteiger partial charge < -0.3 is 10.3 Å². The average molecular weight is 174 g/mol. The number of nitrogens with zero attached hydrogens (tertiary/aromatic N) is 1. The van der Waals surface area contributed by atoms with Crippen molar-refractivity contribution in [2.75, 3.05) is 0 Å². The molecule has 0 amide bonds. The molecule has 0 aliphatic heterocycles. The lowest BCUT2D eigenvalue weighted by atomic mass is 10.2. The van der Waals surface area contributed by atoms with Crippen LogP contribution in [0.15, 0.2) is 36.5 Å². The van der Waals surface area contributed by atoms with Gasteiger partial charge in [0.15, 0.2) is 0 Å². The Hall–Kier alpha value is -1.28. The number of hydrogen-bond donors (Lipinski definition) is 1. The van der Waals surface area contributed by atoms with Gasteiger partial charge in [0.1, 0.15) is 0 Å². The SMILES string of the molecule is C[C@H](N)Cn1ccc2ccccc21. The van der Waals surface area contributed by atoms with E-state index >= 15 is 0 Å². The number of fused-ring (bicyclic) bond motifs is 1. The molecule has 0 bridgehead atoms. The van der Waals surface area contributed by atoms with Crippen molar-refractivity contribution in [3.05, 3.63) is 36.5 Å². The first kappa shape index (κ1) is 8.32. The van der Waals surface area contributed by atoms with Crippen LogP contribution in [0.2, 0.25) is 0 Å². The van der Waals surface area contributed by atoms with Gasteiger partial charge in [-0.05, 0) is 24.4 Å². The highest BCUT2D eigenvalue weighted by Gasteiger charge is 2.00. The molecule has 0 unspecified atom stereocenters. The minimum Gasteiger partial charge on any atom is -0.346 e. The highest BCUT2D eigenvalue weighted by Crippen LogP contribution is 2.14. The van der Waals surface area contributed by atoms with Crippen molar-refractivity contribution < 1.29 is 0 Å². The quantitative estimate of drug-likeness (QED) is 0.741. The summed E-state index contributed by atoms with van der Waals surface area (Å²) in [6, 6.07) is 10.7. The van der Waals surface area contributed by atoms with Gasteiger partial charge >= 0.3 is 0 Å². The summed E-state index contributed by atoms with van der Waals surface area (Å²) in [5.74, 6) is 0. The van der Waals surface area contributed by atoms with Crippen LogP contribution in [0, 0.1) is 0 Å². The minimum atomic E-state index is 0.204. The number of para-hydroxylation sites is 1. The summed E-state index contributed by atoms with van der Waals surface area (Å²) in [7, 11) is 0. The van der Waals surface area contributed by atoms with Gasteiger partial charge in [0.05, 0.1) is 0 Å². The van der Waals surface area contributed by atoms with E-state index in [1.165, 1.54) is 10.9 Å². The van der Waals surface area contributed by atoms with E-state index < -0.39 is 0 Å². The highest BCUT2D eigenvalue weighted by atomic mass is 15.0. The molecule has 1 atom stereocenters. The van der Waals surface area contributed by atoms with Crippen LogP contribution in [0.25, 0.3) is 10.9 Å². The molecule has 0 saturated carbocycles. The fourth-order valence-electron chi connectivity index (χ4n) is 1.61. The summed E-state index contributed by atoms with van der Waals surface area (Å²) in [5.41, 5.74) is 7.02. The van der Waals surface area contributed by atoms with E-state index in [-0.39, 0.29) is 6.04 Å². The molecule has 2 N–H and O–H groups in total. The fraction of sp³-hybridized carbons (Fsp3) is 0.273. The van der Waals surface area contributed by atoms with Gasteiger partial charge in [0.25, 0.3) is 0 Å². The maximum Gasteiger partial charge on any atom is 0.0480 e. The molecule has 68 valence electrons. The third-order valence-corrected chi connectivity index (χ3v) is 2.16. The Morgan fingerprint density at radius 3 is 2.85 bits per heavy atom. The van der Waals surface area contributed by atoms with Crippen LogP contribution in [0.3, 0.4) is 0 Å². The number of nitrogens with two attached hydrogens (primary N) is 1. The van der Waals surface area contributed by atoms with E-state index in [0.29, 0.717) is 0 Å². The molecule has 13 heavy (non-hydrogen) atoms. The molecule has 1 aromatic carbocycles. The van der Waals surface area contributed by atoms with Gasteiger partial charge in [-0.15, -0.1) is 0 Å². The maximum absolute atomic E-state index is 5.75. The van der Waals surface area contributed by atoms with Crippen LogP contribution < -0.4 is 5.73 Å². The number of benzene rings is 1. The molecule has 2 nitrogen and oxygen atoms in total. The first-order valence-corrected chi connectivity index (χ1v) is 4.57. The van der Waals surface area contributed by atoms with Crippen molar-refractivity contribution in [1.82, 2.24) is 4.57 Å². The molecule has 0 aliphatic carbocycles. The van der Waals surface area contributed by atoms with Crippen LogP contribution in [-0.2, 0) is 6.54 Å². The van der Waals surface area contributed by atoms with Crippen LogP contribution in [0.1, 0.15) is 6.92 Å². The van der Waals surface area contributed by atoms with Crippen LogP contribution >= 0.6 is 0 Å². The second-order valence-electron chi connectivity index (χ2n) is 3.50. The lowest BCUT2D eigenvalue weighted by Crippen LogP contribution is -2.21. The zero-order valence-electron chi connectivity index (χ0n) is 7.77. The van der Waals surface area contributed by atoms with Gasteiger partial charge in [-0.3, -0.25) is 0 Å². The standard InChI is InChI=1S/C11H14N2/c1-9(12)8-13-7-6-10-4-2-3-5-11(10)13/h2-7,9H,8,12H2,1H3/t9-/m0/s1. The molecule has 1 aromatic heterocycles. The van der Waals surface area contributed by atoms with Crippen molar-refractivity contribution >= 4 is 10.9 Å². The van der Waals surface area contributed by atoms with Crippen molar-refractivity contribution in [2.24, 2.45) is 5.73 Å². The van der Waals surface area contributed by atoms with E-state index in [4.69, 9.17) is 5.73 Å². The van der Waals surface area contributed by atoms with Gasteiger partial charge in [-0.25, -0.2) is 0 Å². The van der Waals surface area contributed by atoms with E-state index in [1.54, 1.807) is 0 Å². The molecule has 0 spiro atoms. The number of rotatable bonds is 2. The third kappa shape index (κ3) is 1.58. The molecule has 0 saturated heterocycles. The second kappa shape index (κ2) is 3.23. The lowest BCUT2D eigenvalue weighted by Gasteiger charge is -2.07. The smallest absolute Gasteiger partial charge is 0.0480 e. The Morgan fingerprint density at radius 2 is 2.08 bits per heavy atom. The Bertz CT molecular complexity index is 401. The Balaban J connectivity index is 2.46. The molecule has 0 fully saturated rings. The predicted molar refractivity (Wildman–Crippen MR) is 55.6 cm³/mol. The van der Waals surface area contributed by atoms with E-state index in [9.17, 15) is 0 Å². The van der Waals surface area contributed by atoms with Gasteiger partial charge in [-0.2, -0.15) is 0 Å². The fourth-order valence-corrected chi connectivity index (χ4v) is 1.61. The monoisotopic (exact) mass is 174 g/mol. The summed E-state index contributed by atoms with van der Waals surface area (Å²) in [5, 5.41) is 1.28. The Morgan fingerprint density at radius 1 is 1.31 bits per heavy atom. The Labute approximate surface area is 78.0 Å². The van der Waals surface area contributed by atoms with Crippen molar-refractivity contribution in [1.29, 1.82) is 0 Å². The molecular weight excluding hydrogens is 160 g/mol. The summed E-state index contributed by atoms with van der Waals surface area (Å²) >= 11 is 0. The summed E-state index contributed by atoms with van der Waals surface area (Å²) in [6.45, 7) is 2.91. The van der Waals surface area contributed by atoms with Crippen molar-refractivity contribution in [3.63, 3.8) is 0 Å². The molecule has 2 rings (SSSR count). The first-order valence-electron chi connectivity index (χ1n) is 4.57. The van der Waals surface area contributed by atoms with Crippen LogP contribution in [0.5, 0.6) is 0 Å². The number of hydrogen-bond acceptors (Lipinski definition) is 1. The summed E-state index contributed by atoms with van der Waals surface area (Å²) in [6.07, 6.45) is 2.09. The van der Waals surface area contributed by atoms with Crippen molar-refractivity contribution in [3.8, 4) is 0 Å². The Kier molecular flexibility index (Phi) is 2.07. The van der Waals surface area contributed by atoms with Crippen LogP contribution in [0.4, 0.5) is 0 Å². The topological polar surface area (TPSA) is 30.9 Å². The third-order valence-electron chi connectivity index (χ3n) is 2.16. The predicted octanol–water partition coefficient (Wildman–Crippen LogP) is 1.99. The molecule has 0 radical (unpaired) electrons. The average Bonchev–Trinajstić information content (AvgIpc) is 2.48. The van der Waals surface area contributed by atoms with Gasteiger partial charge in [0.2, 0.25) is 0 Å². The molecule has 2 aromatic rings. The van der Waals surface area contributed by atoms with E-state index in [2.05, 4.69) is 41.1 Å². The van der Waals surface area contributed by atoms with Crippen LogP contribution in [-0.4, -0.2) is 10.6 Å². The maximum atomic E-state index is 5.75. The minimum absolute atomic E-state index is 0.204. The summed E-state index contributed by atoms with van der Waals surface area (Å²) in [4.78, 5) is 0. The number of aromatic nitrogens is 1. The van der Waals surface area contributed by atoms with E-state index in [1.807, 2.05) is 6.92 Å². The largest absolute Gasteiger partial charge is 0.346 e. The molecule has 1 heterocycles. The van der Waals surface area contributed by atoms with Gasteiger partial charge in [0, 0.05) is 24.3 Å². The molecule has 0 aliphatic rings. The first-order chi connectivity index (χ1) is 6.27. The van der Waals surface area contributed by atoms with Gasteiger partial charge in [-0.1, -0.05) is 18.2 Å².